The normalized spacial score (nSPS) is 10.6. The lowest BCUT2D eigenvalue weighted by Crippen LogP contribution is -2.16. The van der Waals surface area contributed by atoms with Gasteiger partial charge in [-0.1, -0.05) is 12.1 Å². The van der Waals surface area contributed by atoms with Crippen LogP contribution in [0.5, 0.6) is 0 Å². The molecule has 1 aromatic carbocycles. The molecule has 3 N–H and O–H groups in total. The Labute approximate surface area is 106 Å². The molecular formula is C13H17N3S. The fourth-order valence-corrected chi connectivity index (χ4v) is 2.24. The molecule has 1 heterocycles. The molecule has 0 radical (unpaired) electrons. The largest absolute Gasteiger partial charge is 0.399 e. The van der Waals surface area contributed by atoms with Gasteiger partial charge in [0.15, 0.2) is 0 Å². The molecule has 4 heteroatoms. The predicted molar refractivity (Wildman–Crippen MR) is 73.1 cm³/mol. The van der Waals surface area contributed by atoms with E-state index in [0.29, 0.717) is 0 Å². The van der Waals surface area contributed by atoms with E-state index >= 15 is 0 Å². The molecule has 90 valence electrons. The topological polar surface area (TPSA) is 50.9 Å². The van der Waals surface area contributed by atoms with Crippen molar-refractivity contribution in [3.05, 3.63) is 45.9 Å². The lowest BCUT2D eigenvalue weighted by molar-refractivity contribution is 0.676. The van der Waals surface area contributed by atoms with Gasteiger partial charge in [-0.2, -0.15) is 0 Å². The van der Waals surface area contributed by atoms with Crippen LogP contribution in [0.2, 0.25) is 0 Å². The van der Waals surface area contributed by atoms with Crippen molar-refractivity contribution in [2.75, 3.05) is 12.3 Å². The highest BCUT2D eigenvalue weighted by Gasteiger charge is 1.97. The molecule has 0 bridgehead atoms. The molecule has 0 atom stereocenters. The lowest BCUT2D eigenvalue weighted by atomic mass is 10.1. The summed E-state index contributed by atoms with van der Waals surface area (Å²) in [6, 6.07) is 8.03. The Morgan fingerprint density at radius 1 is 1.29 bits per heavy atom. The van der Waals surface area contributed by atoms with E-state index in [2.05, 4.69) is 27.8 Å². The molecular weight excluding hydrogens is 230 g/mol. The molecule has 17 heavy (non-hydrogen) atoms. The van der Waals surface area contributed by atoms with Crippen molar-refractivity contribution in [3.8, 4) is 0 Å². The minimum absolute atomic E-state index is 0.819. The van der Waals surface area contributed by atoms with E-state index in [-0.39, 0.29) is 0 Å². The maximum atomic E-state index is 5.64. The Morgan fingerprint density at radius 3 is 2.71 bits per heavy atom. The first-order valence-corrected chi connectivity index (χ1v) is 6.58. The van der Waals surface area contributed by atoms with Crippen molar-refractivity contribution in [1.82, 2.24) is 10.3 Å². The summed E-state index contributed by atoms with van der Waals surface area (Å²) in [5, 5.41) is 6.62. The molecule has 0 fully saturated rings. The third kappa shape index (κ3) is 3.84. The third-order valence-electron chi connectivity index (χ3n) is 2.54. The number of benzene rings is 1. The zero-order chi connectivity index (χ0) is 12.1. The highest BCUT2D eigenvalue weighted by atomic mass is 32.1. The van der Waals surface area contributed by atoms with Crippen LogP contribution in [0, 0.1) is 6.92 Å². The second kappa shape index (κ2) is 5.80. The van der Waals surface area contributed by atoms with Crippen LogP contribution in [-0.2, 0) is 13.0 Å². The van der Waals surface area contributed by atoms with E-state index in [1.165, 1.54) is 5.56 Å². The van der Waals surface area contributed by atoms with Gasteiger partial charge in [0.05, 0.1) is 10.7 Å². The van der Waals surface area contributed by atoms with Crippen LogP contribution in [0.25, 0.3) is 0 Å². The van der Waals surface area contributed by atoms with Gasteiger partial charge in [0.25, 0.3) is 0 Å². The summed E-state index contributed by atoms with van der Waals surface area (Å²) in [4.78, 5) is 4.41. The van der Waals surface area contributed by atoms with Crippen LogP contribution < -0.4 is 11.1 Å². The van der Waals surface area contributed by atoms with Crippen LogP contribution >= 0.6 is 11.3 Å². The summed E-state index contributed by atoms with van der Waals surface area (Å²) in [5.41, 5.74) is 8.89. The summed E-state index contributed by atoms with van der Waals surface area (Å²) in [6.45, 7) is 3.84. The van der Waals surface area contributed by atoms with E-state index in [0.717, 1.165) is 35.9 Å². The second-order valence-electron chi connectivity index (χ2n) is 4.03. The van der Waals surface area contributed by atoms with Gasteiger partial charge in [-0.15, -0.1) is 11.3 Å². The number of aromatic nitrogens is 1. The number of hydrogen-bond donors (Lipinski definition) is 2. The second-order valence-corrected chi connectivity index (χ2v) is 5.09. The summed E-state index contributed by atoms with van der Waals surface area (Å²) in [6.07, 6.45) is 1.02. The number of nitrogens with one attached hydrogen (secondary N) is 1. The highest BCUT2D eigenvalue weighted by Crippen LogP contribution is 2.08. The van der Waals surface area contributed by atoms with Gasteiger partial charge in [-0.25, -0.2) is 4.98 Å². The van der Waals surface area contributed by atoms with Crippen molar-refractivity contribution in [2.24, 2.45) is 0 Å². The first-order chi connectivity index (χ1) is 8.24. The maximum absolute atomic E-state index is 5.64. The SMILES string of the molecule is Cc1nc(CNCCc2ccc(N)cc2)cs1. The average molecular weight is 247 g/mol. The molecule has 0 saturated carbocycles. The number of thiazole rings is 1. The van der Waals surface area contributed by atoms with Gasteiger partial charge in [0.2, 0.25) is 0 Å². The lowest BCUT2D eigenvalue weighted by Gasteiger charge is -2.03. The average Bonchev–Trinajstić information content (AvgIpc) is 2.73. The minimum Gasteiger partial charge on any atom is -0.399 e. The number of nitrogens with two attached hydrogens (primary N) is 1. The fraction of sp³-hybridized carbons (Fsp3) is 0.308. The van der Waals surface area contributed by atoms with Gasteiger partial charge >= 0.3 is 0 Å². The molecule has 0 saturated heterocycles. The van der Waals surface area contributed by atoms with Crippen molar-refractivity contribution in [3.63, 3.8) is 0 Å². The van der Waals surface area contributed by atoms with Gasteiger partial charge < -0.3 is 11.1 Å². The molecule has 0 aliphatic carbocycles. The number of hydrogen-bond acceptors (Lipinski definition) is 4. The molecule has 3 nitrogen and oxygen atoms in total. The van der Waals surface area contributed by atoms with Crippen LogP contribution in [-0.4, -0.2) is 11.5 Å². The Morgan fingerprint density at radius 2 is 2.06 bits per heavy atom. The molecule has 0 amide bonds. The van der Waals surface area contributed by atoms with Crippen LogP contribution in [0.3, 0.4) is 0 Å². The summed E-state index contributed by atoms with van der Waals surface area (Å²) in [5.74, 6) is 0. The van der Waals surface area contributed by atoms with Crippen molar-refractivity contribution in [2.45, 2.75) is 19.9 Å². The number of anilines is 1. The zero-order valence-corrected chi connectivity index (χ0v) is 10.8. The smallest absolute Gasteiger partial charge is 0.0897 e. The predicted octanol–water partition coefficient (Wildman–Crippen LogP) is 2.37. The molecule has 2 aromatic rings. The van der Waals surface area contributed by atoms with Crippen LogP contribution in [0.4, 0.5) is 5.69 Å². The Hall–Kier alpha value is -1.39. The molecule has 2 rings (SSSR count). The van der Waals surface area contributed by atoms with Gasteiger partial charge in [-0.05, 0) is 37.6 Å². The zero-order valence-electron chi connectivity index (χ0n) is 9.94. The van der Waals surface area contributed by atoms with Gasteiger partial charge in [0.1, 0.15) is 0 Å². The Balaban J connectivity index is 1.71. The first-order valence-electron chi connectivity index (χ1n) is 5.70. The van der Waals surface area contributed by atoms with Crippen LogP contribution in [0.15, 0.2) is 29.6 Å². The number of nitrogens with zero attached hydrogens (tertiary/aromatic N) is 1. The molecule has 0 unspecified atom stereocenters. The van der Waals surface area contributed by atoms with Crippen molar-refractivity contribution in [1.29, 1.82) is 0 Å². The van der Waals surface area contributed by atoms with E-state index < -0.39 is 0 Å². The first kappa shape index (κ1) is 12.1. The van der Waals surface area contributed by atoms with E-state index in [1.54, 1.807) is 11.3 Å². The fourth-order valence-electron chi connectivity index (χ4n) is 1.62. The molecule has 0 spiro atoms. The van der Waals surface area contributed by atoms with E-state index in [1.807, 2.05) is 19.1 Å². The van der Waals surface area contributed by atoms with E-state index in [9.17, 15) is 0 Å². The Kier molecular flexibility index (Phi) is 4.12. The molecule has 0 aliphatic heterocycles. The minimum atomic E-state index is 0.819. The summed E-state index contributed by atoms with van der Waals surface area (Å²) < 4.78 is 0. The highest BCUT2D eigenvalue weighted by molar-refractivity contribution is 7.09. The Bertz CT molecular complexity index is 462. The third-order valence-corrected chi connectivity index (χ3v) is 3.37. The quantitative estimate of drug-likeness (QED) is 0.630. The van der Waals surface area contributed by atoms with Gasteiger partial charge in [-0.3, -0.25) is 0 Å². The number of aryl methyl sites for hydroxylation is 1. The summed E-state index contributed by atoms with van der Waals surface area (Å²) >= 11 is 1.70. The standard InChI is InChI=1S/C13H17N3S/c1-10-16-13(9-17-10)8-15-7-6-11-2-4-12(14)5-3-11/h2-5,9,15H,6-8,14H2,1H3. The van der Waals surface area contributed by atoms with Crippen LogP contribution in [0.1, 0.15) is 16.3 Å². The van der Waals surface area contributed by atoms with Crippen molar-refractivity contribution < 1.29 is 0 Å². The van der Waals surface area contributed by atoms with Gasteiger partial charge in [0, 0.05) is 17.6 Å². The maximum Gasteiger partial charge on any atom is 0.0897 e. The monoisotopic (exact) mass is 247 g/mol. The summed E-state index contributed by atoms with van der Waals surface area (Å²) in [7, 11) is 0. The molecule has 0 aliphatic rings. The van der Waals surface area contributed by atoms with Crippen molar-refractivity contribution >= 4 is 17.0 Å². The van der Waals surface area contributed by atoms with E-state index in [4.69, 9.17) is 5.73 Å². The number of nitrogen functional groups attached to an aromatic ring is 1. The molecule has 1 aromatic heterocycles. The number of rotatable bonds is 5.